The van der Waals surface area contributed by atoms with Crippen LogP contribution in [0.25, 0.3) is 10.9 Å². The minimum absolute atomic E-state index is 0.105. The third kappa shape index (κ3) is 1.75. The zero-order valence-electron chi connectivity index (χ0n) is 8.59. The number of nitrogens with zero attached hydrogens (tertiary/aromatic N) is 2. The topological polar surface area (TPSA) is 48.1 Å². The van der Waals surface area contributed by atoms with Gasteiger partial charge in [-0.15, -0.1) is 12.3 Å². The van der Waals surface area contributed by atoms with Crippen molar-refractivity contribution in [2.24, 2.45) is 0 Å². The van der Waals surface area contributed by atoms with Gasteiger partial charge in [-0.3, -0.25) is 10.1 Å². The first-order chi connectivity index (χ1) is 7.72. The molecule has 0 radical (unpaired) electrons. The number of non-ortho nitro benzene ring substituents is 1. The Morgan fingerprint density at radius 2 is 2.25 bits per heavy atom. The molecule has 2 aromatic rings. The number of fused-ring (bicyclic) bond motifs is 1. The van der Waals surface area contributed by atoms with Gasteiger partial charge in [-0.1, -0.05) is 0 Å². The summed E-state index contributed by atoms with van der Waals surface area (Å²) in [5.41, 5.74) is 0.956. The van der Waals surface area contributed by atoms with Crippen LogP contribution in [0.15, 0.2) is 30.5 Å². The first-order valence-electron chi connectivity index (χ1n) is 4.89. The number of benzene rings is 1. The van der Waals surface area contributed by atoms with Crippen molar-refractivity contribution < 1.29 is 4.92 Å². The monoisotopic (exact) mass is 214 g/mol. The standard InChI is InChI=1S/C12H10N2O2/c1-2-3-7-13-8-6-10-4-5-11(14(15)16)9-12(10)13/h1,4-6,8-9H,3,7H2. The van der Waals surface area contributed by atoms with Crippen molar-refractivity contribution in [3.63, 3.8) is 0 Å². The van der Waals surface area contributed by atoms with E-state index in [4.69, 9.17) is 6.42 Å². The van der Waals surface area contributed by atoms with Crippen LogP contribution in [0.1, 0.15) is 6.42 Å². The molecule has 0 aliphatic rings. The molecule has 0 N–H and O–H groups in total. The molecule has 0 aliphatic heterocycles. The minimum Gasteiger partial charge on any atom is -0.346 e. The molecule has 0 spiro atoms. The van der Waals surface area contributed by atoms with Gasteiger partial charge in [-0.25, -0.2) is 0 Å². The Kier molecular flexibility index (Phi) is 2.61. The van der Waals surface area contributed by atoms with E-state index in [9.17, 15) is 10.1 Å². The fourth-order valence-electron chi connectivity index (χ4n) is 1.67. The molecule has 0 fully saturated rings. The lowest BCUT2D eigenvalue weighted by molar-refractivity contribution is -0.384. The molecule has 16 heavy (non-hydrogen) atoms. The maximum Gasteiger partial charge on any atom is 0.271 e. The van der Waals surface area contributed by atoms with Crippen LogP contribution in [-0.4, -0.2) is 9.49 Å². The third-order valence-electron chi connectivity index (χ3n) is 2.47. The molecule has 0 amide bonds. The quantitative estimate of drug-likeness (QED) is 0.448. The molecule has 4 nitrogen and oxygen atoms in total. The first-order valence-corrected chi connectivity index (χ1v) is 4.89. The Labute approximate surface area is 92.6 Å². The molecule has 0 atom stereocenters. The van der Waals surface area contributed by atoms with Crippen LogP contribution >= 0.6 is 0 Å². The van der Waals surface area contributed by atoms with Gasteiger partial charge in [-0.05, 0) is 12.1 Å². The Balaban J connectivity index is 2.48. The van der Waals surface area contributed by atoms with Gasteiger partial charge in [0, 0.05) is 36.7 Å². The number of hydrogen-bond acceptors (Lipinski definition) is 2. The summed E-state index contributed by atoms with van der Waals surface area (Å²) in [5, 5.41) is 11.6. The Morgan fingerprint density at radius 3 is 2.94 bits per heavy atom. The van der Waals surface area contributed by atoms with Crippen molar-refractivity contribution in [2.45, 2.75) is 13.0 Å². The largest absolute Gasteiger partial charge is 0.346 e. The van der Waals surface area contributed by atoms with Gasteiger partial charge in [0.25, 0.3) is 5.69 Å². The fraction of sp³-hybridized carbons (Fsp3) is 0.167. The predicted octanol–water partition coefficient (Wildman–Crippen LogP) is 2.57. The van der Waals surface area contributed by atoms with E-state index in [0.29, 0.717) is 13.0 Å². The molecule has 2 rings (SSSR count). The number of nitro benzene ring substituents is 1. The molecular weight excluding hydrogens is 204 g/mol. The van der Waals surface area contributed by atoms with Crippen molar-refractivity contribution >= 4 is 16.6 Å². The van der Waals surface area contributed by atoms with Gasteiger partial charge in [0.2, 0.25) is 0 Å². The normalized spacial score (nSPS) is 10.2. The summed E-state index contributed by atoms with van der Waals surface area (Å²) < 4.78 is 1.93. The smallest absolute Gasteiger partial charge is 0.271 e. The second kappa shape index (κ2) is 4.07. The summed E-state index contributed by atoms with van der Waals surface area (Å²) in [6.45, 7) is 0.682. The van der Waals surface area contributed by atoms with E-state index in [1.54, 1.807) is 12.1 Å². The summed E-state index contributed by atoms with van der Waals surface area (Å²) in [5.74, 6) is 2.55. The molecule has 1 heterocycles. The molecule has 80 valence electrons. The zero-order chi connectivity index (χ0) is 11.5. The highest BCUT2D eigenvalue weighted by molar-refractivity contribution is 5.82. The number of terminal acetylenes is 1. The number of rotatable bonds is 3. The van der Waals surface area contributed by atoms with Gasteiger partial charge in [0.1, 0.15) is 0 Å². The van der Waals surface area contributed by atoms with Gasteiger partial charge in [-0.2, -0.15) is 0 Å². The van der Waals surface area contributed by atoms with Crippen molar-refractivity contribution in [1.82, 2.24) is 4.57 Å². The van der Waals surface area contributed by atoms with E-state index in [2.05, 4.69) is 5.92 Å². The molecule has 0 bridgehead atoms. The molecule has 1 aromatic carbocycles. The Hall–Kier alpha value is -2.28. The highest BCUT2D eigenvalue weighted by Gasteiger charge is 2.08. The number of aromatic nitrogens is 1. The lowest BCUT2D eigenvalue weighted by Gasteiger charge is -2.01. The fourth-order valence-corrected chi connectivity index (χ4v) is 1.67. The van der Waals surface area contributed by atoms with Crippen LogP contribution < -0.4 is 0 Å². The van der Waals surface area contributed by atoms with E-state index < -0.39 is 4.92 Å². The summed E-state index contributed by atoms with van der Waals surface area (Å²) in [6.07, 6.45) is 7.71. The van der Waals surface area contributed by atoms with Gasteiger partial charge in [0.15, 0.2) is 0 Å². The summed E-state index contributed by atoms with van der Waals surface area (Å²) in [6, 6.07) is 6.76. The van der Waals surface area contributed by atoms with Crippen LogP contribution in [0, 0.1) is 22.5 Å². The van der Waals surface area contributed by atoms with Crippen molar-refractivity contribution in [3.8, 4) is 12.3 Å². The second-order valence-electron chi connectivity index (χ2n) is 3.46. The molecule has 0 saturated carbocycles. The van der Waals surface area contributed by atoms with Crippen LogP contribution in [0.2, 0.25) is 0 Å². The van der Waals surface area contributed by atoms with Crippen LogP contribution in [0.4, 0.5) is 5.69 Å². The first kappa shape index (κ1) is 10.2. The Morgan fingerprint density at radius 1 is 1.44 bits per heavy atom. The summed E-state index contributed by atoms with van der Waals surface area (Å²) in [7, 11) is 0. The lowest BCUT2D eigenvalue weighted by Crippen LogP contribution is -1.95. The van der Waals surface area contributed by atoms with Gasteiger partial charge in [0.05, 0.1) is 10.4 Å². The lowest BCUT2D eigenvalue weighted by atomic mass is 10.2. The highest BCUT2D eigenvalue weighted by atomic mass is 16.6. The van der Waals surface area contributed by atoms with E-state index >= 15 is 0 Å². The number of hydrogen-bond donors (Lipinski definition) is 0. The summed E-state index contributed by atoms with van der Waals surface area (Å²) in [4.78, 5) is 10.3. The van der Waals surface area contributed by atoms with Crippen LogP contribution in [-0.2, 0) is 6.54 Å². The van der Waals surface area contributed by atoms with Crippen molar-refractivity contribution in [1.29, 1.82) is 0 Å². The van der Waals surface area contributed by atoms with Gasteiger partial charge >= 0.3 is 0 Å². The van der Waals surface area contributed by atoms with Crippen LogP contribution in [0.5, 0.6) is 0 Å². The number of nitro groups is 1. The van der Waals surface area contributed by atoms with E-state index in [1.165, 1.54) is 6.07 Å². The van der Waals surface area contributed by atoms with Crippen molar-refractivity contribution in [2.75, 3.05) is 0 Å². The van der Waals surface area contributed by atoms with E-state index in [-0.39, 0.29) is 5.69 Å². The molecule has 0 aliphatic carbocycles. The summed E-state index contributed by atoms with van der Waals surface area (Å²) >= 11 is 0. The molecule has 0 saturated heterocycles. The van der Waals surface area contributed by atoms with E-state index in [0.717, 1.165) is 10.9 Å². The molecule has 4 heteroatoms. The zero-order valence-corrected chi connectivity index (χ0v) is 8.59. The molecule has 1 aromatic heterocycles. The molecular formula is C12H10N2O2. The average molecular weight is 214 g/mol. The molecule has 0 unspecified atom stereocenters. The maximum absolute atomic E-state index is 10.7. The van der Waals surface area contributed by atoms with Crippen molar-refractivity contribution in [3.05, 3.63) is 40.6 Å². The van der Waals surface area contributed by atoms with Gasteiger partial charge < -0.3 is 4.57 Å². The Bertz CT molecular complexity index is 578. The van der Waals surface area contributed by atoms with Crippen LogP contribution in [0.3, 0.4) is 0 Å². The SMILES string of the molecule is C#CCCn1ccc2ccc([N+](=O)[O-])cc21. The third-order valence-corrected chi connectivity index (χ3v) is 2.47. The average Bonchev–Trinajstić information content (AvgIpc) is 2.68. The minimum atomic E-state index is -0.391. The maximum atomic E-state index is 10.7. The highest BCUT2D eigenvalue weighted by Crippen LogP contribution is 2.21. The predicted molar refractivity (Wildman–Crippen MR) is 62.0 cm³/mol. The number of aryl methyl sites for hydroxylation is 1. The van der Waals surface area contributed by atoms with E-state index in [1.807, 2.05) is 16.8 Å². The second-order valence-corrected chi connectivity index (χ2v) is 3.46.